The lowest BCUT2D eigenvalue weighted by atomic mass is 9.91. The average molecular weight is 413 g/mol. The van der Waals surface area contributed by atoms with E-state index in [2.05, 4.69) is 34.9 Å². The number of benzene rings is 2. The molecule has 0 saturated heterocycles. The molecule has 0 aromatic heterocycles. The lowest BCUT2D eigenvalue weighted by Crippen LogP contribution is -2.42. The first-order valence-corrected chi connectivity index (χ1v) is 10.4. The van der Waals surface area contributed by atoms with Gasteiger partial charge in [0.15, 0.2) is 0 Å². The molecule has 0 saturated carbocycles. The van der Waals surface area contributed by atoms with Crippen LogP contribution in [0, 0.1) is 0 Å². The first-order valence-electron chi connectivity index (χ1n) is 10.4. The van der Waals surface area contributed by atoms with E-state index >= 15 is 0 Å². The molecule has 4 atom stereocenters. The first-order chi connectivity index (χ1) is 14.4. The summed E-state index contributed by atoms with van der Waals surface area (Å²) in [4.78, 5) is 22.0. The second kappa shape index (κ2) is 12.1. The topological polar surface area (TPSA) is 98.7 Å². The van der Waals surface area contributed by atoms with Crippen molar-refractivity contribution in [2.24, 2.45) is 0 Å². The Kier molecular flexibility index (Phi) is 9.51. The number of aliphatic carboxylic acids is 2. The zero-order chi connectivity index (χ0) is 21.9. The molecule has 0 fully saturated rings. The Morgan fingerprint density at radius 2 is 1.03 bits per heavy atom. The Morgan fingerprint density at radius 1 is 0.700 bits per heavy atom. The highest BCUT2D eigenvalue weighted by molar-refractivity contribution is 5.67. The molecule has 0 heterocycles. The summed E-state index contributed by atoms with van der Waals surface area (Å²) >= 11 is 0. The van der Waals surface area contributed by atoms with Crippen LogP contribution in [0.2, 0.25) is 0 Å². The molecule has 2 aromatic rings. The molecule has 0 amide bonds. The molecule has 6 heteroatoms. The van der Waals surface area contributed by atoms with Crippen molar-refractivity contribution in [3.63, 3.8) is 0 Å². The molecule has 2 aromatic carbocycles. The van der Waals surface area contributed by atoms with Gasteiger partial charge >= 0.3 is 11.9 Å². The maximum absolute atomic E-state index is 11.0. The molecule has 0 aliphatic rings. The van der Waals surface area contributed by atoms with E-state index < -0.39 is 11.9 Å². The summed E-state index contributed by atoms with van der Waals surface area (Å²) in [6, 6.07) is 19.9. The normalized spacial score (nSPS) is 15.1. The van der Waals surface area contributed by atoms with Gasteiger partial charge in [-0.3, -0.25) is 9.59 Å². The van der Waals surface area contributed by atoms with Crippen molar-refractivity contribution < 1.29 is 19.8 Å². The van der Waals surface area contributed by atoms with Gasteiger partial charge in [-0.2, -0.15) is 0 Å². The van der Waals surface area contributed by atoms with E-state index in [4.69, 9.17) is 10.2 Å². The van der Waals surface area contributed by atoms with E-state index in [1.807, 2.05) is 50.2 Å². The van der Waals surface area contributed by atoms with Gasteiger partial charge < -0.3 is 20.8 Å². The third kappa shape index (κ3) is 7.97. The predicted octanol–water partition coefficient (Wildman–Crippen LogP) is 4.15. The average Bonchev–Trinajstić information content (AvgIpc) is 2.74. The van der Waals surface area contributed by atoms with Crippen LogP contribution in [0.4, 0.5) is 0 Å². The van der Waals surface area contributed by atoms with E-state index in [1.165, 1.54) is 0 Å². The standard InChI is InChI=1S/C24H32N2O4/c1-17(13-15-21(27)28)25-23(19-9-5-3-6-10-19)24(20-11-7-4-8-12-20)26-18(2)14-16-22(29)30/h3-12,17-18,23-26H,13-16H2,1-2H3,(H,27,28)(H,29,30)/t17?,18?,23-,24-/m1/s1. The minimum Gasteiger partial charge on any atom is -0.481 e. The predicted molar refractivity (Wildman–Crippen MR) is 117 cm³/mol. The van der Waals surface area contributed by atoms with E-state index in [9.17, 15) is 9.59 Å². The molecule has 2 unspecified atom stereocenters. The number of carboxylic acids is 2. The van der Waals surface area contributed by atoms with Gasteiger partial charge in [-0.25, -0.2) is 0 Å². The lowest BCUT2D eigenvalue weighted by Gasteiger charge is -2.34. The highest BCUT2D eigenvalue weighted by atomic mass is 16.4. The van der Waals surface area contributed by atoms with Gasteiger partial charge in [0.05, 0.1) is 12.1 Å². The van der Waals surface area contributed by atoms with Crippen molar-refractivity contribution in [1.29, 1.82) is 0 Å². The van der Waals surface area contributed by atoms with Crippen LogP contribution in [-0.2, 0) is 9.59 Å². The summed E-state index contributed by atoms with van der Waals surface area (Å²) in [5.74, 6) is -1.61. The molecule has 0 bridgehead atoms. The maximum atomic E-state index is 11.0. The van der Waals surface area contributed by atoms with Gasteiger partial charge in [-0.1, -0.05) is 60.7 Å². The van der Waals surface area contributed by atoms with Crippen LogP contribution < -0.4 is 10.6 Å². The quantitative estimate of drug-likeness (QED) is 0.394. The van der Waals surface area contributed by atoms with Crippen molar-refractivity contribution in [1.82, 2.24) is 10.6 Å². The summed E-state index contributed by atoms with van der Waals surface area (Å²) < 4.78 is 0. The van der Waals surface area contributed by atoms with Crippen LogP contribution in [0.25, 0.3) is 0 Å². The fourth-order valence-corrected chi connectivity index (χ4v) is 3.55. The monoisotopic (exact) mass is 412 g/mol. The molecule has 162 valence electrons. The number of hydrogen-bond acceptors (Lipinski definition) is 4. The van der Waals surface area contributed by atoms with E-state index in [1.54, 1.807) is 0 Å². The molecule has 0 aliphatic heterocycles. The van der Waals surface area contributed by atoms with Gasteiger partial charge in [-0.15, -0.1) is 0 Å². The fraction of sp³-hybridized carbons (Fsp3) is 0.417. The summed E-state index contributed by atoms with van der Waals surface area (Å²) in [5, 5.41) is 25.3. The fourth-order valence-electron chi connectivity index (χ4n) is 3.55. The van der Waals surface area contributed by atoms with Crippen LogP contribution in [0.3, 0.4) is 0 Å². The molecule has 0 aliphatic carbocycles. The second-order valence-electron chi connectivity index (χ2n) is 7.78. The number of carboxylic acid groups (broad SMARTS) is 2. The number of carbonyl (C=O) groups is 2. The van der Waals surface area contributed by atoms with Gasteiger partial charge in [0.25, 0.3) is 0 Å². The smallest absolute Gasteiger partial charge is 0.303 e. The van der Waals surface area contributed by atoms with Crippen molar-refractivity contribution in [2.45, 2.75) is 63.7 Å². The van der Waals surface area contributed by atoms with Gasteiger partial charge in [-0.05, 0) is 37.8 Å². The molecule has 6 nitrogen and oxygen atoms in total. The highest BCUT2D eigenvalue weighted by Gasteiger charge is 2.27. The van der Waals surface area contributed by atoms with Crippen molar-refractivity contribution in [3.05, 3.63) is 71.8 Å². The molecule has 0 spiro atoms. The Morgan fingerprint density at radius 3 is 1.33 bits per heavy atom. The molecule has 30 heavy (non-hydrogen) atoms. The second-order valence-corrected chi connectivity index (χ2v) is 7.78. The lowest BCUT2D eigenvalue weighted by molar-refractivity contribution is -0.138. The molecular formula is C24H32N2O4. The highest BCUT2D eigenvalue weighted by Crippen LogP contribution is 2.30. The van der Waals surface area contributed by atoms with Crippen LogP contribution in [0.5, 0.6) is 0 Å². The summed E-state index contributed by atoms with van der Waals surface area (Å²) in [5.41, 5.74) is 2.18. The summed E-state index contributed by atoms with van der Waals surface area (Å²) in [7, 11) is 0. The Hall–Kier alpha value is -2.70. The van der Waals surface area contributed by atoms with Crippen LogP contribution >= 0.6 is 0 Å². The van der Waals surface area contributed by atoms with Crippen LogP contribution in [-0.4, -0.2) is 34.2 Å². The van der Waals surface area contributed by atoms with Crippen LogP contribution in [0.1, 0.15) is 62.7 Å². The van der Waals surface area contributed by atoms with E-state index in [0.717, 1.165) is 11.1 Å². The largest absolute Gasteiger partial charge is 0.481 e. The zero-order valence-electron chi connectivity index (χ0n) is 17.6. The number of nitrogens with one attached hydrogen (secondary N) is 2. The molecule has 0 radical (unpaired) electrons. The third-order valence-electron chi connectivity index (χ3n) is 5.16. The Labute approximate surface area is 178 Å². The summed E-state index contributed by atoms with van der Waals surface area (Å²) in [6.07, 6.45) is 1.26. The van der Waals surface area contributed by atoms with Crippen LogP contribution in [0.15, 0.2) is 60.7 Å². The zero-order valence-corrected chi connectivity index (χ0v) is 17.6. The number of hydrogen-bond donors (Lipinski definition) is 4. The van der Waals surface area contributed by atoms with Crippen molar-refractivity contribution in [3.8, 4) is 0 Å². The van der Waals surface area contributed by atoms with Crippen molar-refractivity contribution in [2.75, 3.05) is 0 Å². The molecule has 4 N–H and O–H groups in total. The minimum absolute atomic E-state index is 0.00589. The minimum atomic E-state index is -0.806. The van der Waals surface area contributed by atoms with Gasteiger partial charge in [0.1, 0.15) is 0 Å². The third-order valence-corrected chi connectivity index (χ3v) is 5.16. The number of rotatable bonds is 13. The van der Waals surface area contributed by atoms with E-state index in [-0.39, 0.29) is 37.0 Å². The summed E-state index contributed by atoms with van der Waals surface area (Å²) in [6.45, 7) is 3.99. The SMILES string of the molecule is CC(CCC(=O)O)N[C@H](c1ccccc1)[C@H](NC(C)CCC(=O)O)c1ccccc1. The molecule has 2 rings (SSSR count). The maximum Gasteiger partial charge on any atom is 0.303 e. The Balaban J connectivity index is 2.31. The van der Waals surface area contributed by atoms with Gasteiger partial charge in [0, 0.05) is 24.9 Å². The van der Waals surface area contributed by atoms with Gasteiger partial charge in [0.2, 0.25) is 0 Å². The first kappa shape index (κ1) is 23.6. The van der Waals surface area contributed by atoms with E-state index in [0.29, 0.717) is 12.8 Å². The Bertz CT molecular complexity index is 715. The molecular weight excluding hydrogens is 380 g/mol. The van der Waals surface area contributed by atoms with Crippen molar-refractivity contribution >= 4 is 11.9 Å².